The zero-order valence-corrected chi connectivity index (χ0v) is 11.7. The zero-order valence-electron chi connectivity index (χ0n) is 8.53. The van der Waals surface area contributed by atoms with Crippen molar-refractivity contribution < 1.29 is 0 Å². The molecule has 1 aromatic carbocycles. The van der Waals surface area contributed by atoms with Crippen LogP contribution >= 0.6 is 11.8 Å². The minimum atomic E-state index is 0.131. The van der Waals surface area contributed by atoms with Crippen molar-refractivity contribution >= 4 is 36.3 Å². The molecular weight excluding hydrogens is 304 g/mol. The van der Waals surface area contributed by atoms with Crippen LogP contribution < -0.4 is 3.61 Å². The van der Waals surface area contributed by atoms with Crippen LogP contribution in [0.25, 0.3) is 0 Å². The molecule has 0 amide bonds. The van der Waals surface area contributed by atoms with Crippen molar-refractivity contribution in [2.24, 2.45) is 0 Å². The van der Waals surface area contributed by atoms with Crippen molar-refractivity contribution in [3.63, 3.8) is 0 Å². The summed E-state index contributed by atoms with van der Waals surface area (Å²) in [7, 11) is 0. The molecule has 1 atom stereocenters. The number of hydrogen-bond donors (Lipinski definition) is 0. The van der Waals surface area contributed by atoms with Gasteiger partial charge in [-0.25, -0.2) is 0 Å². The molecule has 0 aromatic heterocycles. The van der Waals surface area contributed by atoms with Gasteiger partial charge in [0.1, 0.15) is 0 Å². The molecule has 0 radical (unpaired) electrons. The van der Waals surface area contributed by atoms with Crippen LogP contribution in [0.2, 0.25) is 4.47 Å². The summed E-state index contributed by atoms with van der Waals surface area (Å²) in [5, 5.41) is 1.03. The number of rotatable bonds is 5. The van der Waals surface area contributed by atoms with Gasteiger partial charge >= 0.3 is 101 Å². The van der Waals surface area contributed by atoms with Gasteiger partial charge in [0.15, 0.2) is 0 Å². The van der Waals surface area contributed by atoms with Crippen LogP contribution in [-0.2, 0) is 6.42 Å². The first-order chi connectivity index (χ1) is 6.88. The number of thioether (sulfide) groups is 1. The fourth-order valence-corrected chi connectivity index (χ4v) is 5.84. The van der Waals surface area contributed by atoms with Crippen molar-refractivity contribution in [2.45, 2.75) is 29.5 Å². The van der Waals surface area contributed by atoms with Crippen molar-refractivity contribution in [1.82, 2.24) is 0 Å². The number of aryl methyl sites for hydroxylation is 1. The molecule has 76 valence electrons. The molecule has 1 aromatic rings. The molecule has 1 heterocycles. The van der Waals surface area contributed by atoms with Gasteiger partial charge in [0.05, 0.1) is 0 Å². The molecule has 1 fully saturated rings. The Morgan fingerprint density at radius 1 is 1.36 bits per heavy atom. The summed E-state index contributed by atoms with van der Waals surface area (Å²) in [6.07, 6.45) is 2.49. The van der Waals surface area contributed by atoms with Crippen molar-refractivity contribution in [1.29, 1.82) is 0 Å². The second-order valence-corrected chi connectivity index (χ2v) is 8.11. The third-order valence-corrected chi connectivity index (χ3v) is 7.28. The predicted molar refractivity (Wildman–Crippen MR) is 66.9 cm³/mol. The molecule has 0 saturated carbocycles. The first kappa shape index (κ1) is 10.9. The second-order valence-electron chi connectivity index (χ2n) is 3.66. The van der Waals surface area contributed by atoms with E-state index in [0.29, 0.717) is 0 Å². The van der Waals surface area contributed by atoms with Gasteiger partial charge in [0, 0.05) is 0 Å². The molecule has 1 aliphatic rings. The van der Waals surface area contributed by atoms with E-state index in [-0.39, 0.29) is 20.9 Å². The fraction of sp³-hybridized carbons (Fsp3) is 0.500. The van der Waals surface area contributed by atoms with Gasteiger partial charge in [0.25, 0.3) is 0 Å². The van der Waals surface area contributed by atoms with E-state index in [1.165, 1.54) is 28.6 Å². The fourth-order valence-electron chi connectivity index (χ4n) is 1.39. The molecule has 1 unspecified atom stereocenters. The molecule has 0 bridgehead atoms. The Morgan fingerprint density at radius 2 is 2.07 bits per heavy atom. The van der Waals surface area contributed by atoms with E-state index in [0.717, 1.165) is 5.25 Å². The van der Waals surface area contributed by atoms with Crippen LogP contribution in [0, 0.1) is 0 Å². The summed E-state index contributed by atoms with van der Waals surface area (Å²) >= 11 is 2.26. The first-order valence-electron chi connectivity index (χ1n) is 5.22. The molecule has 0 N–H and O–H groups in total. The van der Waals surface area contributed by atoms with Crippen molar-refractivity contribution in [2.75, 3.05) is 5.75 Å². The van der Waals surface area contributed by atoms with E-state index in [1.54, 1.807) is 3.61 Å². The van der Waals surface area contributed by atoms with Gasteiger partial charge in [-0.2, -0.15) is 0 Å². The number of hydrogen-bond acceptors (Lipinski definition) is 1. The normalized spacial score (nSPS) is 19.6. The summed E-state index contributed by atoms with van der Waals surface area (Å²) in [6.45, 7) is 2.24. The van der Waals surface area contributed by atoms with E-state index in [4.69, 9.17) is 0 Å². The summed E-state index contributed by atoms with van der Waals surface area (Å²) in [5.41, 5.74) is 1.50. The predicted octanol–water partition coefficient (Wildman–Crippen LogP) is 2.50. The maximum absolute atomic E-state index is 2.36. The third-order valence-electron chi connectivity index (χ3n) is 2.30. The summed E-state index contributed by atoms with van der Waals surface area (Å²) in [4.78, 5) is 0. The minimum absolute atomic E-state index is 0.131. The standard InChI is InChI=1S/C12H16STe/c1-2-3-10-4-6-12(7-5-10)14-9-11-8-13-11/h4-7,11H,2-3,8-9H2,1H3. The van der Waals surface area contributed by atoms with E-state index in [9.17, 15) is 0 Å². The Hall–Kier alpha value is 0.360. The Bertz CT molecular complexity index is 277. The molecule has 0 spiro atoms. The van der Waals surface area contributed by atoms with Crippen molar-refractivity contribution in [3.05, 3.63) is 29.8 Å². The average molecular weight is 320 g/mol. The van der Waals surface area contributed by atoms with Gasteiger partial charge < -0.3 is 0 Å². The molecule has 14 heavy (non-hydrogen) atoms. The van der Waals surface area contributed by atoms with Gasteiger partial charge in [-0.3, -0.25) is 0 Å². The Kier molecular flexibility index (Phi) is 4.23. The van der Waals surface area contributed by atoms with E-state index in [1.807, 2.05) is 0 Å². The molecule has 2 heteroatoms. The third kappa shape index (κ3) is 3.50. The molecule has 0 aliphatic carbocycles. The summed E-state index contributed by atoms with van der Waals surface area (Å²) in [6, 6.07) is 9.37. The molecular formula is C12H16STe. The van der Waals surface area contributed by atoms with Crippen LogP contribution in [0.15, 0.2) is 24.3 Å². The summed E-state index contributed by atoms with van der Waals surface area (Å²) in [5.74, 6) is 1.43. The van der Waals surface area contributed by atoms with Gasteiger partial charge in [-0.1, -0.05) is 0 Å². The van der Waals surface area contributed by atoms with Crippen LogP contribution in [0.5, 0.6) is 0 Å². The van der Waals surface area contributed by atoms with Crippen molar-refractivity contribution in [3.8, 4) is 0 Å². The topological polar surface area (TPSA) is 0 Å². The molecule has 0 nitrogen and oxygen atoms in total. The Morgan fingerprint density at radius 3 is 2.64 bits per heavy atom. The Balaban J connectivity index is 1.84. The van der Waals surface area contributed by atoms with Gasteiger partial charge in [-0.15, -0.1) is 0 Å². The summed E-state index contributed by atoms with van der Waals surface area (Å²) < 4.78 is 3.14. The van der Waals surface area contributed by atoms with Gasteiger partial charge in [0.2, 0.25) is 0 Å². The maximum atomic E-state index is 2.36. The zero-order chi connectivity index (χ0) is 9.80. The molecule has 2 rings (SSSR count). The monoisotopic (exact) mass is 322 g/mol. The average Bonchev–Trinajstić information content (AvgIpc) is 3.01. The quantitative estimate of drug-likeness (QED) is 0.593. The first-order valence-corrected chi connectivity index (χ1v) is 9.08. The molecule has 1 saturated heterocycles. The Labute approximate surface area is 101 Å². The van der Waals surface area contributed by atoms with Crippen LogP contribution in [-0.4, -0.2) is 31.9 Å². The SMILES string of the molecule is CCCc1ccc([Te]CC2CS2)cc1. The van der Waals surface area contributed by atoms with Crippen LogP contribution in [0.1, 0.15) is 18.9 Å². The van der Waals surface area contributed by atoms with Gasteiger partial charge in [-0.05, 0) is 0 Å². The molecule has 1 aliphatic heterocycles. The van der Waals surface area contributed by atoms with E-state index in [2.05, 4.69) is 43.0 Å². The number of benzene rings is 1. The van der Waals surface area contributed by atoms with E-state index >= 15 is 0 Å². The second kappa shape index (κ2) is 5.45. The van der Waals surface area contributed by atoms with E-state index < -0.39 is 0 Å². The van der Waals surface area contributed by atoms with Crippen LogP contribution in [0.3, 0.4) is 0 Å². The van der Waals surface area contributed by atoms with Crippen LogP contribution in [0.4, 0.5) is 0 Å².